The summed E-state index contributed by atoms with van der Waals surface area (Å²) >= 11 is 1.93. The number of carboxylic acids is 1. The van der Waals surface area contributed by atoms with Crippen molar-refractivity contribution in [3.63, 3.8) is 0 Å². The average molecular weight is 500 g/mol. The Morgan fingerprint density at radius 3 is 2.65 bits per heavy atom. The number of pyridine rings is 1. The van der Waals surface area contributed by atoms with E-state index in [1.165, 1.54) is 0 Å². The van der Waals surface area contributed by atoms with E-state index in [1.54, 1.807) is 0 Å². The topological polar surface area (TPSA) is 106 Å². The molecule has 1 unspecified atom stereocenters. The first-order chi connectivity index (χ1) is 16.0. The summed E-state index contributed by atoms with van der Waals surface area (Å²) in [5, 5.41) is 11.1. The first-order valence-electron chi connectivity index (χ1n) is 10.8. The summed E-state index contributed by atoms with van der Waals surface area (Å²) in [7, 11) is 0. The summed E-state index contributed by atoms with van der Waals surface area (Å²) in [6.07, 6.45) is -1.58. The highest BCUT2D eigenvalue weighted by Crippen LogP contribution is 2.46. The van der Waals surface area contributed by atoms with Crippen molar-refractivity contribution in [3.05, 3.63) is 47.1 Å². The third-order valence-corrected chi connectivity index (χ3v) is 7.38. The van der Waals surface area contributed by atoms with Crippen molar-refractivity contribution < 1.29 is 37.1 Å². The molecule has 5 rings (SSSR count). The van der Waals surface area contributed by atoms with Gasteiger partial charge in [-0.05, 0) is 38.3 Å². The van der Waals surface area contributed by atoms with Gasteiger partial charge in [-0.15, -0.1) is 11.8 Å². The van der Waals surface area contributed by atoms with Crippen molar-refractivity contribution in [2.24, 2.45) is 0 Å². The molecule has 8 nitrogen and oxygen atoms in total. The van der Waals surface area contributed by atoms with E-state index >= 15 is 0 Å². The molecule has 1 spiro atoms. The van der Waals surface area contributed by atoms with Crippen molar-refractivity contribution in [1.82, 2.24) is 15.0 Å². The van der Waals surface area contributed by atoms with E-state index in [4.69, 9.17) is 19.2 Å². The van der Waals surface area contributed by atoms with E-state index in [2.05, 4.69) is 10.1 Å². The molecule has 3 fully saturated rings. The summed E-state index contributed by atoms with van der Waals surface area (Å²) < 4.78 is 43.3. The number of carbonyl (C=O) groups is 2. The minimum absolute atomic E-state index is 0.00907. The summed E-state index contributed by atoms with van der Waals surface area (Å²) in [5.74, 6) is -0.448. The number of halogens is 3. The van der Waals surface area contributed by atoms with Gasteiger partial charge in [0.05, 0.1) is 23.2 Å². The second-order valence-electron chi connectivity index (χ2n) is 8.75. The van der Waals surface area contributed by atoms with Gasteiger partial charge in [-0.25, -0.2) is 4.79 Å². The van der Waals surface area contributed by atoms with Crippen LogP contribution in [-0.4, -0.2) is 67.9 Å². The molecular weight excluding hydrogens is 475 g/mol. The first-order valence-corrected chi connectivity index (χ1v) is 11.8. The highest BCUT2D eigenvalue weighted by Gasteiger charge is 2.51. The molecule has 1 N–H and O–H groups in total. The van der Waals surface area contributed by atoms with Gasteiger partial charge >= 0.3 is 12.1 Å². The van der Waals surface area contributed by atoms with Crippen molar-refractivity contribution in [2.75, 3.05) is 18.8 Å². The van der Waals surface area contributed by atoms with E-state index in [0.29, 0.717) is 18.2 Å². The molecule has 2 saturated heterocycles. The number of ether oxygens (including phenoxy) is 1. The Labute approximate surface area is 197 Å². The lowest BCUT2D eigenvalue weighted by molar-refractivity contribution is -0.192. The number of nitrogens with zero attached hydrogens (tertiary/aromatic N) is 3. The number of aliphatic carboxylic acids is 1. The molecule has 0 bridgehead atoms. The van der Waals surface area contributed by atoms with Crippen molar-refractivity contribution >= 4 is 23.6 Å². The van der Waals surface area contributed by atoms with Crippen LogP contribution in [0.4, 0.5) is 13.2 Å². The van der Waals surface area contributed by atoms with Crippen LogP contribution in [0.25, 0.3) is 0 Å². The fourth-order valence-corrected chi connectivity index (χ4v) is 5.47. The molecule has 2 aromatic heterocycles. The molecule has 3 aliphatic rings. The number of thioether (sulfide) groups is 1. The molecule has 0 radical (unpaired) electrons. The Morgan fingerprint density at radius 1 is 1.32 bits per heavy atom. The number of amides is 1. The fourth-order valence-electron chi connectivity index (χ4n) is 3.92. The first kappa shape index (κ1) is 24.5. The minimum atomic E-state index is -5.08. The quantitative estimate of drug-likeness (QED) is 0.662. The van der Waals surface area contributed by atoms with Gasteiger partial charge in [-0.2, -0.15) is 13.2 Å². The van der Waals surface area contributed by atoms with E-state index in [9.17, 15) is 18.0 Å². The largest absolute Gasteiger partial charge is 0.490 e. The van der Waals surface area contributed by atoms with Gasteiger partial charge in [0.1, 0.15) is 5.76 Å². The third kappa shape index (κ3) is 5.90. The van der Waals surface area contributed by atoms with Gasteiger partial charge < -0.3 is 19.3 Å². The van der Waals surface area contributed by atoms with Crippen LogP contribution in [0.3, 0.4) is 0 Å². The highest BCUT2D eigenvalue weighted by atomic mass is 32.2. The van der Waals surface area contributed by atoms with Crippen LogP contribution in [0.5, 0.6) is 0 Å². The van der Waals surface area contributed by atoms with Crippen LogP contribution in [-0.2, 0) is 16.1 Å². The van der Waals surface area contributed by atoms with Crippen LogP contribution in [0.2, 0.25) is 0 Å². The van der Waals surface area contributed by atoms with Gasteiger partial charge in [-0.1, -0.05) is 11.2 Å². The van der Waals surface area contributed by atoms with Crippen molar-refractivity contribution in [2.45, 2.75) is 55.7 Å². The molecular formula is C22H24F3N3O5S. The number of rotatable bonds is 5. The number of likely N-dealkylation sites (tertiary alicyclic amines) is 1. The zero-order valence-corrected chi connectivity index (χ0v) is 19.2. The number of aromatic nitrogens is 2. The van der Waals surface area contributed by atoms with Crippen LogP contribution < -0.4 is 0 Å². The van der Waals surface area contributed by atoms with Gasteiger partial charge in [0.15, 0.2) is 5.69 Å². The maximum Gasteiger partial charge on any atom is 0.490 e. The molecule has 1 saturated carbocycles. The molecule has 2 aromatic rings. The lowest BCUT2D eigenvalue weighted by Gasteiger charge is -2.47. The Bertz CT molecular complexity index is 1050. The number of aryl methyl sites for hydroxylation is 1. The second-order valence-corrected chi connectivity index (χ2v) is 10.2. The summed E-state index contributed by atoms with van der Waals surface area (Å²) in [5.41, 5.74) is 2.44. The Hall–Kier alpha value is -2.60. The standard InChI is InChI=1S/C20H23N3O3S.C2HF3O2/c1-13-3-2-4-15(21-13)9-25-16-8-20(27-10-16)11-23(12-20)19(24)17-7-18(26-22-17)14-5-6-14;3-2(4,5)1(6)7/h2-4,7,14,16H,5-6,8-12H2,1H3;(H,6,7). The molecule has 0 aromatic carbocycles. The predicted octanol–water partition coefficient (Wildman–Crippen LogP) is 3.81. The van der Waals surface area contributed by atoms with Gasteiger partial charge in [-0.3, -0.25) is 9.78 Å². The second kappa shape index (κ2) is 9.57. The number of alkyl halides is 3. The maximum absolute atomic E-state index is 12.6. The van der Waals surface area contributed by atoms with Crippen LogP contribution in [0.15, 0.2) is 28.8 Å². The smallest absolute Gasteiger partial charge is 0.475 e. The van der Waals surface area contributed by atoms with E-state index < -0.39 is 12.1 Å². The number of hydrogen-bond donors (Lipinski definition) is 1. The fraction of sp³-hybridized carbons (Fsp3) is 0.545. The van der Waals surface area contributed by atoms with Crippen LogP contribution in [0, 0.1) is 6.92 Å². The van der Waals surface area contributed by atoms with Crippen LogP contribution in [0.1, 0.15) is 52.8 Å². The van der Waals surface area contributed by atoms with E-state index in [0.717, 1.165) is 55.3 Å². The summed E-state index contributed by atoms with van der Waals surface area (Å²) in [6, 6.07) is 7.84. The molecule has 1 atom stereocenters. The van der Waals surface area contributed by atoms with Gasteiger partial charge in [0, 0.05) is 36.5 Å². The summed E-state index contributed by atoms with van der Waals surface area (Å²) in [6.45, 7) is 4.08. The molecule has 4 heterocycles. The minimum Gasteiger partial charge on any atom is -0.475 e. The van der Waals surface area contributed by atoms with Crippen molar-refractivity contribution in [3.8, 4) is 0 Å². The summed E-state index contributed by atoms with van der Waals surface area (Å²) in [4.78, 5) is 27.9. The van der Waals surface area contributed by atoms with Gasteiger partial charge in [0.25, 0.3) is 5.91 Å². The number of hydrogen-bond acceptors (Lipinski definition) is 7. The Morgan fingerprint density at radius 2 is 2.03 bits per heavy atom. The third-order valence-electron chi connectivity index (χ3n) is 5.80. The molecule has 34 heavy (non-hydrogen) atoms. The molecule has 1 amide bonds. The Kier molecular flexibility index (Phi) is 6.90. The molecule has 184 valence electrons. The SMILES string of the molecule is Cc1cccc(COC2CSC3(C2)CN(C(=O)c2cc(C4CC4)on2)C3)n1.O=C(O)C(F)(F)F. The zero-order valence-electron chi connectivity index (χ0n) is 18.4. The maximum atomic E-state index is 12.6. The zero-order chi connectivity index (χ0) is 24.5. The van der Waals surface area contributed by atoms with Crippen LogP contribution >= 0.6 is 11.8 Å². The molecule has 2 aliphatic heterocycles. The predicted molar refractivity (Wildman–Crippen MR) is 115 cm³/mol. The van der Waals surface area contributed by atoms with E-state index in [1.807, 2.05) is 47.9 Å². The molecule has 12 heteroatoms. The lowest BCUT2D eigenvalue weighted by atomic mass is 9.92. The average Bonchev–Trinajstić information content (AvgIpc) is 3.32. The Balaban J connectivity index is 0.000000344. The normalized spacial score (nSPS) is 21.1. The van der Waals surface area contributed by atoms with Gasteiger partial charge in [0.2, 0.25) is 0 Å². The lowest BCUT2D eigenvalue weighted by Crippen LogP contribution is -2.60. The highest BCUT2D eigenvalue weighted by molar-refractivity contribution is 8.01. The molecule has 1 aliphatic carbocycles. The van der Waals surface area contributed by atoms with E-state index in [-0.39, 0.29) is 16.8 Å². The number of carbonyl (C=O) groups excluding carboxylic acids is 1. The number of carboxylic acid groups (broad SMARTS) is 1. The van der Waals surface area contributed by atoms with Crippen molar-refractivity contribution in [1.29, 1.82) is 0 Å². The monoisotopic (exact) mass is 499 g/mol.